The Morgan fingerprint density at radius 3 is 2.52 bits per heavy atom. The first-order chi connectivity index (χ1) is 12.3. The van der Waals surface area contributed by atoms with Crippen molar-refractivity contribution in [1.82, 2.24) is 15.0 Å². The van der Waals surface area contributed by atoms with Gasteiger partial charge in [-0.15, -0.1) is 0 Å². The number of methoxy groups -OCH3 is 1. The van der Waals surface area contributed by atoms with E-state index in [9.17, 15) is 0 Å². The van der Waals surface area contributed by atoms with E-state index >= 15 is 0 Å². The third-order valence-electron chi connectivity index (χ3n) is 4.84. The molecule has 0 N–H and O–H groups in total. The molecule has 2 aromatic heterocycles. The van der Waals surface area contributed by atoms with Crippen molar-refractivity contribution in [2.24, 2.45) is 0 Å². The van der Waals surface area contributed by atoms with Crippen LogP contribution >= 0.6 is 0 Å². The van der Waals surface area contributed by atoms with E-state index in [0.717, 1.165) is 46.5 Å². The van der Waals surface area contributed by atoms with Gasteiger partial charge < -0.3 is 9.64 Å². The molecule has 5 nitrogen and oxygen atoms in total. The third-order valence-corrected chi connectivity index (χ3v) is 4.84. The summed E-state index contributed by atoms with van der Waals surface area (Å²) in [4.78, 5) is 15.9. The highest BCUT2D eigenvalue weighted by Crippen LogP contribution is 2.32. The molecule has 25 heavy (non-hydrogen) atoms. The fraction of sp³-hybridized carbons (Fsp3) is 0.350. The zero-order valence-electron chi connectivity index (χ0n) is 14.7. The number of nitrogens with zero attached hydrogens (tertiary/aromatic N) is 4. The maximum atomic E-state index is 5.16. The minimum Gasteiger partial charge on any atom is -0.481 e. The first-order valence-electron chi connectivity index (χ1n) is 8.77. The van der Waals surface area contributed by atoms with Crippen LogP contribution in [-0.4, -0.2) is 35.2 Å². The molecule has 0 saturated carbocycles. The second-order valence-electron chi connectivity index (χ2n) is 6.52. The molecular weight excluding hydrogens is 312 g/mol. The lowest BCUT2D eigenvalue weighted by Gasteiger charge is -2.28. The number of pyridine rings is 1. The van der Waals surface area contributed by atoms with Gasteiger partial charge in [-0.05, 0) is 55.5 Å². The topological polar surface area (TPSA) is 51.1 Å². The molecule has 128 valence electrons. The van der Waals surface area contributed by atoms with E-state index in [1.165, 1.54) is 19.3 Å². The fourth-order valence-electron chi connectivity index (χ4n) is 3.53. The van der Waals surface area contributed by atoms with Crippen molar-refractivity contribution in [3.05, 3.63) is 42.4 Å². The largest absolute Gasteiger partial charge is 0.481 e. The molecule has 5 heteroatoms. The first-order valence-corrected chi connectivity index (χ1v) is 8.77. The van der Waals surface area contributed by atoms with Crippen molar-refractivity contribution in [2.75, 3.05) is 25.1 Å². The monoisotopic (exact) mass is 334 g/mol. The molecule has 0 atom stereocenters. The normalized spacial score (nSPS) is 14.7. The number of rotatable bonds is 3. The van der Waals surface area contributed by atoms with Gasteiger partial charge in [0.15, 0.2) is 0 Å². The molecule has 0 unspecified atom stereocenters. The molecule has 1 aliphatic heterocycles. The number of benzene rings is 1. The molecule has 3 heterocycles. The average molecular weight is 334 g/mol. The second kappa shape index (κ2) is 6.67. The van der Waals surface area contributed by atoms with E-state index in [-0.39, 0.29) is 0 Å². The van der Waals surface area contributed by atoms with Crippen LogP contribution in [0.1, 0.15) is 24.8 Å². The van der Waals surface area contributed by atoms with Crippen LogP contribution in [0.5, 0.6) is 5.88 Å². The molecule has 1 fully saturated rings. The van der Waals surface area contributed by atoms with Gasteiger partial charge in [-0.1, -0.05) is 0 Å². The van der Waals surface area contributed by atoms with Gasteiger partial charge in [0.25, 0.3) is 0 Å². The Bertz CT molecular complexity index is 886. The summed E-state index contributed by atoms with van der Waals surface area (Å²) >= 11 is 0. The molecule has 0 bridgehead atoms. The molecule has 0 aliphatic carbocycles. The van der Waals surface area contributed by atoms with Gasteiger partial charge in [0.2, 0.25) is 5.88 Å². The Balaban J connectivity index is 1.83. The summed E-state index contributed by atoms with van der Waals surface area (Å²) in [6.45, 7) is 4.24. The van der Waals surface area contributed by atoms with Gasteiger partial charge in [-0.3, -0.25) is 0 Å². The van der Waals surface area contributed by atoms with Gasteiger partial charge in [0.05, 0.1) is 12.6 Å². The maximum absolute atomic E-state index is 5.16. The summed E-state index contributed by atoms with van der Waals surface area (Å²) in [7, 11) is 1.63. The number of piperidine rings is 1. The summed E-state index contributed by atoms with van der Waals surface area (Å²) in [5.41, 5.74) is 4.39. The van der Waals surface area contributed by atoms with E-state index in [1.54, 1.807) is 13.4 Å². The molecule has 3 aromatic rings. The SMILES string of the molecule is COc1ccc(-c2cc(C)c3ncnc(N4CCCCC4)c3c2)cn1. The predicted octanol–water partition coefficient (Wildman–Crippen LogP) is 4.00. The van der Waals surface area contributed by atoms with Crippen molar-refractivity contribution < 1.29 is 4.74 Å². The lowest BCUT2D eigenvalue weighted by Crippen LogP contribution is -2.30. The smallest absolute Gasteiger partial charge is 0.212 e. The first kappa shape index (κ1) is 15.8. The standard InChI is InChI=1S/C20H22N4O/c1-14-10-16(15-6-7-18(25-2)21-12-15)11-17-19(14)22-13-23-20(17)24-8-4-3-5-9-24/h6-7,10-13H,3-5,8-9H2,1-2H3. The number of aromatic nitrogens is 3. The van der Waals surface area contributed by atoms with Crippen LogP contribution in [0.25, 0.3) is 22.0 Å². The highest BCUT2D eigenvalue weighted by atomic mass is 16.5. The number of aryl methyl sites for hydroxylation is 1. The molecule has 0 spiro atoms. The van der Waals surface area contributed by atoms with Gasteiger partial charge >= 0.3 is 0 Å². The second-order valence-corrected chi connectivity index (χ2v) is 6.52. The lowest BCUT2D eigenvalue weighted by molar-refractivity contribution is 0.398. The van der Waals surface area contributed by atoms with Crippen molar-refractivity contribution in [3.8, 4) is 17.0 Å². The van der Waals surface area contributed by atoms with Crippen LogP contribution in [0.15, 0.2) is 36.8 Å². The van der Waals surface area contributed by atoms with Gasteiger partial charge in [0.1, 0.15) is 12.1 Å². The number of fused-ring (bicyclic) bond motifs is 1. The molecular formula is C20H22N4O. The Morgan fingerprint density at radius 2 is 1.80 bits per heavy atom. The molecule has 0 amide bonds. The zero-order valence-corrected chi connectivity index (χ0v) is 14.7. The molecule has 1 aliphatic rings. The molecule has 1 aromatic carbocycles. The minimum absolute atomic E-state index is 0.624. The van der Waals surface area contributed by atoms with Gasteiger partial charge in [-0.2, -0.15) is 0 Å². The average Bonchev–Trinajstić information content (AvgIpc) is 2.68. The van der Waals surface area contributed by atoms with Crippen molar-refractivity contribution >= 4 is 16.7 Å². The summed E-state index contributed by atoms with van der Waals surface area (Å²) in [5, 5.41) is 1.12. The van der Waals surface area contributed by atoms with Crippen LogP contribution in [0.2, 0.25) is 0 Å². The third kappa shape index (κ3) is 3.02. The summed E-state index contributed by atoms with van der Waals surface area (Å²) in [6, 6.07) is 8.28. The van der Waals surface area contributed by atoms with Crippen LogP contribution < -0.4 is 9.64 Å². The van der Waals surface area contributed by atoms with Crippen LogP contribution in [0, 0.1) is 6.92 Å². The molecule has 1 saturated heterocycles. The Kier molecular flexibility index (Phi) is 4.22. The quantitative estimate of drug-likeness (QED) is 0.724. The van der Waals surface area contributed by atoms with E-state index in [0.29, 0.717) is 5.88 Å². The highest BCUT2D eigenvalue weighted by Gasteiger charge is 2.17. The Hall–Kier alpha value is -2.69. The van der Waals surface area contributed by atoms with Crippen molar-refractivity contribution in [1.29, 1.82) is 0 Å². The van der Waals surface area contributed by atoms with E-state index in [4.69, 9.17) is 4.74 Å². The van der Waals surface area contributed by atoms with Gasteiger partial charge in [0, 0.05) is 36.3 Å². The summed E-state index contributed by atoms with van der Waals surface area (Å²) in [6.07, 6.45) is 7.30. The zero-order chi connectivity index (χ0) is 17.2. The van der Waals surface area contributed by atoms with Crippen LogP contribution in [0.4, 0.5) is 5.82 Å². The molecule has 0 radical (unpaired) electrons. The maximum Gasteiger partial charge on any atom is 0.212 e. The number of ether oxygens (including phenoxy) is 1. The Morgan fingerprint density at radius 1 is 0.960 bits per heavy atom. The lowest BCUT2D eigenvalue weighted by atomic mass is 10.0. The molecule has 4 rings (SSSR count). The van der Waals surface area contributed by atoms with E-state index < -0.39 is 0 Å². The highest BCUT2D eigenvalue weighted by molar-refractivity contribution is 5.95. The van der Waals surface area contributed by atoms with Crippen molar-refractivity contribution in [3.63, 3.8) is 0 Å². The fourth-order valence-corrected chi connectivity index (χ4v) is 3.53. The summed E-state index contributed by atoms with van der Waals surface area (Å²) in [5.74, 6) is 1.68. The number of anilines is 1. The van der Waals surface area contributed by atoms with Crippen LogP contribution in [0.3, 0.4) is 0 Å². The minimum atomic E-state index is 0.624. The van der Waals surface area contributed by atoms with Crippen LogP contribution in [-0.2, 0) is 0 Å². The van der Waals surface area contributed by atoms with Gasteiger partial charge in [-0.25, -0.2) is 15.0 Å². The Labute approximate surface area is 147 Å². The summed E-state index contributed by atoms with van der Waals surface area (Å²) < 4.78 is 5.16. The predicted molar refractivity (Wildman–Crippen MR) is 100 cm³/mol. The number of hydrogen-bond acceptors (Lipinski definition) is 5. The van der Waals surface area contributed by atoms with E-state index in [1.807, 2.05) is 18.3 Å². The van der Waals surface area contributed by atoms with E-state index in [2.05, 4.69) is 38.9 Å². The van der Waals surface area contributed by atoms with Crippen molar-refractivity contribution in [2.45, 2.75) is 26.2 Å². The number of hydrogen-bond donors (Lipinski definition) is 0.